The zero-order valence-corrected chi connectivity index (χ0v) is 21.3. The Bertz CT molecular complexity index is 678. The van der Waals surface area contributed by atoms with Crippen LogP contribution in [0.5, 0.6) is 0 Å². The van der Waals surface area contributed by atoms with Crippen LogP contribution in [-0.2, 0) is 0 Å². The Hall–Kier alpha value is -2.40. The Morgan fingerprint density at radius 1 is 0.886 bits per heavy atom. The van der Waals surface area contributed by atoms with Gasteiger partial charge in [0.25, 0.3) is 0 Å². The van der Waals surface area contributed by atoms with E-state index in [1.807, 2.05) is 0 Å². The molecule has 202 valence electrons. The van der Waals surface area contributed by atoms with Crippen LogP contribution >= 0.6 is 0 Å². The van der Waals surface area contributed by atoms with E-state index in [1.165, 1.54) is 19.3 Å². The molecule has 3 unspecified atom stereocenters. The van der Waals surface area contributed by atoms with Crippen LogP contribution in [0.2, 0.25) is 0 Å². The van der Waals surface area contributed by atoms with Crippen molar-refractivity contribution in [2.24, 2.45) is 37.9 Å². The molecule has 3 atom stereocenters. The third kappa shape index (κ3) is 16.8. The van der Waals surface area contributed by atoms with Crippen LogP contribution in [0.4, 0.5) is 0 Å². The van der Waals surface area contributed by atoms with Crippen LogP contribution in [0.25, 0.3) is 0 Å². The van der Waals surface area contributed by atoms with E-state index in [0.29, 0.717) is 13.0 Å². The fourth-order valence-corrected chi connectivity index (χ4v) is 4.24. The van der Waals surface area contributed by atoms with Crippen molar-refractivity contribution in [2.75, 3.05) is 13.1 Å². The smallest absolute Gasteiger partial charge is 0.215 e. The van der Waals surface area contributed by atoms with Gasteiger partial charge in [-0.3, -0.25) is 10.4 Å². The second-order valence-corrected chi connectivity index (χ2v) is 9.47. The average Bonchev–Trinajstić information content (AvgIpc) is 3.14. The zero-order chi connectivity index (χ0) is 25.9. The SMILES string of the molecule is N=C(N)NCC(O)CC1=NC(N)=NC1CCCCCCCC(O)CCCCCCCCN=C(N)N. The fraction of sp³-hybridized carbons (Fsp3) is 0.833. The molecule has 0 fully saturated rings. The monoisotopic (exact) mass is 495 g/mol. The number of rotatable bonds is 21. The molecule has 0 spiro atoms. The first-order chi connectivity index (χ1) is 16.8. The van der Waals surface area contributed by atoms with Gasteiger partial charge < -0.3 is 38.5 Å². The van der Waals surface area contributed by atoms with Gasteiger partial charge in [-0.2, -0.15) is 0 Å². The van der Waals surface area contributed by atoms with Crippen molar-refractivity contribution in [3.8, 4) is 0 Å². The summed E-state index contributed by atoms with van der Waals surface area (Å²) in [6.07, 6.45) is 14.4. The lowest BCUT2D eigenvalue weighted by Crippen LogP contribution is -2.38. The van der Waals surface area contributed by atoms with Gasteiger partial charge in [0.05, 0.1) is 18.2 Å². The normalized spacial score (nSPS) is 16.9. The number of aliphatic imine (C=N–C) groups is 3. The summed E-state index contributed by atoms with van der Waals surface area (Å²) in [6.45, 7) is 0.916. The van der Waals surface area contributed by atoms with E-state index in [2.05, 4.69) is 20.3 Å². The van der Waals surface area contributed by atoms with E-state index < -0.39 is 6.10 Å². The Balaban J connectivity index is 1.99. The van der Waals surface area contributed by atoms with E-state index in [1.54, 1.807) is 0 Å². The number of hydrogen-bond acceptors (Lipinski definition) is 7. The molecule has 0 aromatic carbocycles. The van der Waals surface area contributed by atoms with Gasteiger partial charge in [0.2, 0.25) is 5.96 Å². The third-order valence-corrected chi connectivity index (χ3v) is 6.16. The standard InChI is InChI=1S/C24H49N9O2/c25-22(26)30-15-11-7-2-1-4-8-12-18(34)13-9-5-3-6-10-14-20-21(33-24(29)32-20)16-19(35)17-31-23(27)28/h18-20,34-35H,1-17H2,(H2,29,32)(H4,25,26,30)(H4,27,28,31). The van der Waals surface area contributed by atoms with Crippen molar-refractivity contribution in [1.82, 2.24) is 5.32 Å². The Morgan fingerprint density at radius 3 is 2.06 bits per heavy atom. The second kappa shape index (κ2) is 18.9. The van der Waals surface area contributed by atoms with Gasteiger partial charge >= 0.3 is 0 Å². The molecule has 1 heterocycles. The maximum Gasteiger partial charge on any atom is 0.215 e. The van der Waals surface area contributed by atoms with Gasteiger partial charge in [0.1, 0.15) is 0 Å². The van der Waals surface area contributed by atoms with Crippen LogP contribution in [0.1, 0.15) is 96.3 Å². The molecule has 35 heavy (non-hydrogen) atoms. The minimum atomic E-state index is -0.686. The molecule has 0 aromatic rings. The number of nitrogens with one attached hydrogen (secondary N) is 2. The van der Waals surface area contributed by atoms with Crippen LogP contribution in [0.15, 0.2) is 15.0 Å². The summed E-state index contributed by atoms with van der Waals surface area (Å²) in [6, 6.07) is -0.0676. The summed E-state index contributed by atoms with van der Waals surface area (Å²) in [5.41, 5.74) is 22.4. The molecule has 0 saturated heterocycles. The van der Waals surface area contributed by atoms with Crippen LogP contribution in [-0.4, -0.2) is 65.1 Å². The highest BCUT2D eigenvalue weighted by atomic mass is 16.3. The number of aliphatic hydroxyl groups excluding tert-OH is 2. The van der Waals surface area contributed by atoms with Crippen molar-refractivity contribution in [1.29, 1.82) is 5.41 Å². The topological polar surface area (TPSA) is 218 Å². The first kappa shape index (κ1) is 30.6. The molecular formula is C24H49N9O2. The number of nitrogens with two attached hydrogens (primary N) is 4. The first-order valence-electron chi connectivity index (χ1n) is 13.2. The molecule has 11 nitrogen and oxygen atoms in total. The van der Waals surface area contributed by atoms with Crippen LogP contribution in [0.3, 0.4) is 0 Å². The molecule has 1 aliphatic heterocycles. The highest BCUT2D eigenvalue weighted by Crippen LogP contribution is 2.18. The van der Waals surface area contributed by atoms with Crippen molar-refractivity contribution in [2.45, 2.75) is 115 Å². The van der Waals surface area contributed by atoms with Gasteiger partial charge in [0, 0.05) is 25.2 Å². The first-order valence-corrected chi connectivity index (χ1v) is 13.2. The number of nitrogens with zero attached hydrogens (tertiary/aromatic N) is 3. The summed E-state index contributed by atoms with van der Waals surface area (Å²) in [5, 5.41) is 30.1. The molecule has 0 saturated carbocycles. The molecule has 0 aromatic heterocycles. The highest BCUT2D eigenvalue weighted by molar-refractivity contribution is 6.04. The van der Waals surface area contributed by atoms with Crippen LogP contribution < -0.4 is 28.3 Å². The minimum absolute atomic E-state index is 0.0676. The average molecular weight is 496 g/mol. The summed E-state index contributed by atoms with van der Waals surface area (Å²) in [4.78, 5) is 12.6. The Kier molecular flexibility index (Phi) is 16.5. The van der Waals surface area contributed by atoms with Crippen molar-refractivity contribution < 1.29 is 10.2 Å². The summed E-state index contributed by atoms with van der Waals surface area (Å²) in [5.74, 6) is 0.274. The summed E-state index contributed by atoms with van der Waals surface area (Å²) < 4.78 is 0. The molecule has 12 N–H and O–H groups in total. The highest BCUT2D eigenvalue weighted by Gasteiger charge is 2.23. The molecule has 0 amide bonds. The van der Waals surface area contributed by atoms with E-state index in [9.17, 15) is 10.2 Å². The van der Waals surface area contributed by atoms with Gasteiger partial charge in [-0.15, -0.1) is 0 Å². The number of hydrogen-bond donors (Lipinski definition) is 8. The number of unbranched alkanes of at least 4 members (excludes halogenated alkanes) is 9. The molecule has 1 rings (SSSR count). The minimum Gasteiger partial charge on any atom is -0.393 e. The molecule has 0 radical (unpaired) electrons. The van der Waals surface area contributed by atoms with Gasteiger partial charge in [-0.1, -0.05) is 64.2 Å². The maximum atomic E-state index is 10.2. The van der Waals surface area contributed by atoms with E-state index in [0.717, 1.165) is 76.3 Å². The third-order valence-electron chi connectivity index (χ3n) is 6.16. The van der Waals surface area contributed by atoms with Gasteiger partial charge in [-0.25, -0.2) is 9.98 Å². The van der Waals surface area contributed by atoms with Crippen molar-refractivity contribution in [3.63, 3.8) is 0 Å². The summed E-state index contributed by atoms with van der Waals surface area (Å²) >= 11 is 0. The number of guanidine groups is 3. The lowest BCUT2D eigenvalue weighted by Gasteiger charge is -2.15. The molecular weight excluding hydrogens is 446 g/mol. The Labute approximate surface area is 210 Å². The number of aliphatic hydroxyl groups is 2. The molecule has 0 bridgehead atoms. The Morgan fingerprint density at radius 2 is 1.46 bits per heavy atom. The van der Waals surface area contributed by atoms with E-state index in [4.69, 9.17) is 28.3 Å². The second-order valence-electron chi connectivity index (χ2n) is 9.47. The van der Waals surface area contributed by atoms with E-state index >= 15 is 0 Å². The van der Waals surface area contributed by atoms with Crippen molar-refractivity contribution in [3.05, 3.63) is 0 Å². The molecule has 0 aliphatic carbocycles. The summed E-state index contributed by atoms with van der Waals surface area (Å²) in [7, 11) is 0. The fourth-order valence-electron chi connectivity index (χ4n) is 4.24. The largest absolute Gasteiger partial charge is 0.393 e. The molecule has 11 heteroatoms. The van der Waals surface area contributed by atoms with Crippen LogP contribution in [0, 0.1) is 5.41 Å². The lowest BCUT2D eigenvalue weighted by molar-refractivity contribution is 0.147. The van der Waals surface area contributed by atoms with E-state index in [-0.39, 0.29) is 36.6 Å². The van der Waals surface area contributed by atoms with Gasteiger partial charge in [-0.05, 0) is 25.7 Å². The predicted molar refractivity (Wildman–Crippen MR) is 145 cm³/mol. The lowest BCUT2D eigenvalue weighted by atomic mass is 9.99. The van der Waals surface area contributed by atoms with Crippen molar-refractivity contribution >= 4 is 23.6 Å². The molecule has 1 aliphatic rings. The van der Waals surface area contributed by atoms with Gasteiger partial charge in [0.15, 0.2) is 11.9 Å². The maximum absolute atomic E-state index is 10.2. The zero-order valence-electron chi connectivity index (χ0n) is 21.3. The predicted octanol–water partition coefficient (Wildman–Crippen LogP) is 1.45. The quantitative estimate of drug-likeness (QED) is 0.0664.